The van der Waals surface area contributed by atoms with Crippen molar-refractivity contribution in [3.8, 4) is 11.1 Å². The van der Waals surface area contributed by atoms with E-state index in [4.69, 9.17) is 4.98 Å². The second kappa shape index (κ2) is 6.64. The van der Waals surface area contributed by atoms with Crippen LogP contribution in [-0.4, -0.2) is 14.6 Å². The first-order valence-electron chi connectivity index (χ1n) is 8.89. The highest BCUT2D eigenvalue weighted by atomic mass is 15.3. The van der Waals surface area contributed by atoms with Crippen LogP contribution in [0.2, 0.25) is 0 Å². The highest BCUT2D eigenvalue weighted by Crippen LogP contribution is 2.28. The van der Waals surface area contributed by atoms with Gasteiger partial charge in [-0.05, 0) is 36.1 Å². The van der Waals surface area contributed by atoms with Gasteiger partial charge in [0.15, 0.2) is 5.65 Å². The van der Waals surface area contributed by atoms with Gasteiger partial charge in [0.05, 0.1) is 6.20 Å². The molecule has 0 saturated carbocycles. The Morgan fingerprint density at radius 2 is 1.77 bits per heavy atom. The van der Waals surface area contributed by atoms with Crippen molar-refractivity contribution in [2.75, 3.05) is 5.32 Å². The van der Waals surface area contributed by atoms with Gasteiger partial charge in [-0.15, -0.1) is 0 Å². The summed E-state index contributed by atoms with van der Waals surface area (Å²) in [7, 11) is 0. The smallest absolute Gasteiger partial charge is 0.165 e. The molecule has 2 aromatic carbocycles. The maximum Gasteiger partial charge on any atom is 0.165 e. The summed E-state index contributed by atoms with van der Waals surface area (Å²) in [6, 6.07) is 20.7. The van der Waals surface area contributed by atoms with Crippen LogP contribution in [0.1, 0.15) is 31.0 Å². The minimum atomic E-state index is 0.330. The fourth-order valence-corrected chi connectivity index (χ4v) is 3.06. The predicted molar refractivity (Wildman–Crippen MR) is 107 cm³/mol. The van der Waals surface area contributed by atoms with Crippen molar-refractivity contribution in [1.82, 2.24) is 14.6 Å². The molecule has 1 N–H and O–H groups in total. The van der Waals surface area contributed by atoms with E-state index < -0.39 is 0 Å². The number of nitrogens with zero attached hydrogens (tertiary/aromatic N) is 3. The van der Waals surface area contributed by atoms with Crippen LogP contribution in [0, 0.1) is 6.92 Å². The monoisotopic (exact) mass is 342 g/mol. The molecule has 0 atom stereocenters. The van der Waals surface area contributed by atoms with Crippen molar-refractivity contribution in [1.29, 1.82) is 0 Å². The lowest BCUT2D eigenvalue weighted by Gasteiger charge is -2.13. The second-order valence-corrected chi connectivity index (χ2v) is 6.88. The summed E-state index contributed by atoms with van der Waals surface area (Å²) in [6.45, 7) is 6.41. The molecule has 0 bridgehead atoms. The molecule has 2 aromatic heterocycles. The Morgan fingerprint density at radius 3 is 2.50 bits per heavy atom. The lowest BCUT2D eigenvalue weighted by Crippen LogP contribution is -2.05. The zero-order valence-corrected chi connectivity index (χ0v) is 15.3. The predicted octanol–water partition coefficient (Wildman–Crippen LogP) is 5.57. The average Bonchev–Trinajstić information content (AvgIpc) is 3.07. The molecule has 4 rings (SSSR count). The van der Waals surface area contributed by atoms with Crippen LogP contribution >= 0.6 is 0 Å². The Labute approximate surface area is 153 Å². The molecule has 0 aliphatic carbocycles. The van der Waals surface area contributed by atoms with E-state index in [9.17, 15) is 0 Å². The highest BCUT2D eigenvalue weighted by molar-refractivity contribution is 5.78. The number of rotatable bonds is 4. The SMILES string of the molecule is Cc1cccc(Nc2cc(C(C)C)nc3c(-c4ccccc4)cnn23)c1. The van der Waals surface area contributed by atoms with Gasteiger partial charge in [0.1, 0.15) is 5.82 Å². The number of anilines is 2. The summed E-state index contributed by atoms with van der Waals surface area (Å²) in [5.41, 5.74) is 6.35. The fourth-order valence-electron chi connectivity index (χ4n) is 3.06. The second-order valence-electron chi connectivity index (χ2n) is 6.88. The van der Waals surface area contributed by atoms with E-state index in [1.54, 1.807) is 0 Å². The number of fused-ring (bicyclic) bond motifs is 1. The molecule has 0 amide bonds. The normalized spacial score (nSPS) is 11.2. The minimum Gasteiger partial charge on any atom is -0.340 e. The van der Waals surface area contributed by atoms with Crippen LogP contribution in [0.4, 0.5) is 11.5 Å². The summed E-state index contributed by atoms with van der Waals surface area (Å²) in [5.74, 6) is 1.25. The molecule has 0 radical (unpaired) electrons. The van der Waals surface area contributed by atoms with Gasteiger partial charge in [-0.3, -0.25) is 0 Å². The van der Waals surface area contributed by atoms with Crippen LogP contribution in [0.25, 0.3) is 16.8 Å². The van der Waals surface area contributed by atoms with Gasteiger partial charge in [0, 0.05) is 23.0 Å². The van der Waals surface area contributed by atoms with Crippen LogP contribution < -0.4 is 5.32 Å². The summed E-state index contributed by atoms with van der Waals surface area (Å²) >= 11 is 0. The van der Waals surface area contributed by atoms with Gasteiger partial charge in [-0.1, -0.05) is 56.3 Å². The molecule has 0 spiro atoms. The topological polar surface area (TPSA) is 42.2 Å². The third kappa shape index (κ3) is 3.06. The molecule has 0 saturated heterocycles. The lowest BCUT2D eigenvalue weighted by atomic mass is 10.1. The number of aryl methyl sites for hydroxylation is 1. The zero-order valence-electron chi connectivity index (χ0n) is 15.3. The molecule has 0 aliphatic heterocycles. The number of hydrogen-bond acceptors (Lipinski definition) is 3. The fraction of sp³-hybridized carbons (Fsp3) is 0.182. The Bertz CT molecular complexity index is 1050. The molecule has 2 heterocycles. The van der Waals surface area contributed by atoms with E-state index >= 15 is 0 Å². The van der Waals surface area contributed by atoms with Crippen LogP contribution in [0.15, 0.2) is 66.9 Å². The largest absolute Gasteiger partial charge is 0.340 e. The van der Waals surface area contributed by atoms with E-state index in [1.165, 1.54) is 5.56 Å². The van der Waals surface area contributed by atoms with E-state index in [0.29, 0.717) is 5.92 Å². The average molecular weight is 342 g/mol. The van der Waals surface area contributed by atoms with E-state index in [-0.39, 0.29) is 0 Å². The number of hydrogen-bond donors (Lipinski definition) is 1. The molecule has 4 nitrogen and oxygen atoms in total. The van der Waals surface area contributed by atoms with Crippen molar-refractivity contribution in [3.05, 3.63) is 78.1 Å². The minimum absolute atomic E-state index is 0.330. The van der Waals surface area contributed by atoms with Crippen LogP contribution in [0.5, 0.6) is 0 Å². The maximum absolute atomic E-state index is 4.89. The Morgan fingerprint density at radius 1 is 0.962 bits per heavy atom. The molecule has 4 aromatic rings. The maximum atomic E-state index is 4.89. The van der Waals surface area contributed by atoms with Gasteiger partial charge in [-0.2, -0.15) is 9.61 Å². The molecular formula is C22H22N4. The number of nitrogens with one attached hydrogen (secondary N) is 1. The van der Waals surface area contributed by atoms with Crippen molar-refractivity contribution < 1.29 is 0 Å². The van der Waals surface area contributed by atoms with Crippen LogP contribution in [-0.2, 0) is 0 Å². The molecular weight excluding hydrogens is 320 g/mol. The molecule has 0 aliphatic rings. The van der Waals surface area contributed by atoms with Gasteiger partial charge in [0.25, 0.3) is 0 Å². The van der Waals surface area contributed by atoms with Gasteiger partial charge >= 0.3 is 0 Å². The van der Waals surface area contributed by atoms with E-state index in [1.807, 2.05) is 28.9 Å². The van der Waals surface area contributed by atoms with Gasteiger partial charge in [0.2, 0.25) is 0 Å². The van der Waals surface area contributed by atoms with Crippen molar-refractivity contribution >= 4 is 17.2 Å². The first kappa shape index (κ1) is 16.3. The first-order valence-corrected chi connectivity index (χ1v) is 8.89. The zero-order chi connectivity index (χ0) is 18.1. The molecule has 4 heteroatoms. The molecule has 130 valence electrons. The third-order valence-electron chi connectivity index (χ3n) is 4.46. The van der Waals surface area contributed by atoms with Crippen LogP contribution in [0.3, 0.4) is 0 Å². The summed E-state index contributed by atoms with van der Waals surface area (Å²) in [4.78, 5) is 4.89. The standard InChI is InChI=1S/C22H22N4/c1-15(2)20-13-21(24-18-11-7-8-16(3)12-18)26-22(25-20)19(14-23-26)17-9-5-4-6-10-17/h4-15,24H,1-3H3. The number of aromatic nitrogens is 3. The third-order valence-corrected chi connectivity index (χ3v) is 4.46. The summed E-state index contributed by atoms with van der Waals surface area (Å²) in [5, 5.41) is 8.11. The lowest BCUT2D eigenvalue weighted by molar-refractivity contribution is 0.811. The molecule has 26 heavy (non-hydrogen) atoms. The quantitative estimate of drug-likeness (QED) is 0.527. The van der Waals surface area contributed by atoms with E-state index in [2.05, 4.69) is 73.7 Å². The summed E-state index contributed by atoms with van der Waals surface area (Å²) in [6.07, 6.45) is 1.89. The van der Waals surface area contributed by atoms with Gasteiger partial charge in [-0.25, -0.2) is 4.98 Å². The first-order chi connectivity index (χ1) is 12.6. The molecule has 0 unspecified atom stereocenters. The van der Waals surface area contributed by atoms with E-state index in [0.717, 1.165) is 34.0 Å². The Hall–Kier alpha value is -3.14. The highest BCUT2D eigenvalue weighted by Gasteiger charge is 2.14. The van der Waals surface area contributed by atoms with Crippen molar-refractivity contribution in [2.45, 2.75) is 26.7 Å². The Kier molecular flexibility index (Phi) is 4.17. The number of benzene rings is 2. The van der Waals surface area contributed by atoms with Crippen molar-refractivity contribution in [3.63, 3.8) is 0 Å². The van der Waals surface area contributed by atoms with Crippen molar-refractivity contribution in [2.24, 2.45) is 0 Å². The Balaban J connectivity index is 1.88. The van der Waals surface area contributed by atoms with Gasteiger partial charge < -0.3 is 5.32 Å². The molecule has 0 fully saturated rings. The summed E-state index contributed by atoms with van der Waals surface area (Å²) < 4.78 is 1.89.